The quantitative estimate of drug-likeness (QED) is 0.733. The van der Waals surface area contributed by atoms with Crippen LogP contribution in [0.1, 0.15) is 23.1 Å². The van der Waals surface area contributed by atoms with Gasteiger partial charge in [-0.3, -0.25) is 4.79 Å². The third kappa shape index (κ3) is 2.96. The highest BCUT2D eigenvalue weighted by atomic mass is 16.5. The summed E-state index contributed by atoms with van der Waals surface area (Å²) in [6, 6.07) is 13.8. The Kier molecular flexibility index (Phi) is 4.46. The number of carboxylic acid groups (broad SMARTS) is 1. The lowest BCUT2D eigenvalue weighted by atomic mass is 9.69. The van der Waals surface area contributed by atoms with Crippen LogP contribution < -0.4 is 5.73 Å². The Labute approximate surface area is 144 Å². The minimum absolute atomic E-state index is 0.0199. The van der Waals surface area contributed by atoms with Crippen LogP contribution in [0.3, 0.4) is 0 Å². The molecule has 130 valence electrons. The number of ether oxygens (including phenoxy) is 1. The van der Waals surface area contributed by atoms with Gasteiger partial charge in [-0.1, -0.05) is 42.5 Å². The normalized spacial score (nSPS) is 22.0. The first-order valence-corrected chi connectivity index (χ1v) is 7.98. The van der Waals surface area contributed by atoms with Crippen LogP contribution in [0.25, 0.3) is 0 Å². The van der Waals surface area contributed by atoms with Crippen LogP contribution >= 0.6 is 0 Å². The molecule has 1 aliphatic carbocycles. The van der Waals surface area contributed by atoms with Crippen LogP contribution in [0.15, 0.2) is 48.5 Å². The van der Waals surface area contributed by atoms with Gasteiger partial charge < -0.3 is 20.7 Å². The summed E-state index contributed by atoms with van der Waals surface area (Å²) >= 11 is 0. The van der Waals surface area contributed by atoms with Crippen LogP contribution in [0.4, 0.5) is 0 Å². The summed E-state index contributed by atoms with van der Waals surface area (Å²) in [4.78, 5) is 24.5. The number of benzene rings is 2. The molecule has 0 fully saturated rings. The monoisotopic (exact) mass is 341 g/mol. The first-order chi connectivity index (χ1) is 11.9. The highest BCUT2D eigenvalue weighted by molar-refractivity contribution is 5.91. The molecule has 4 N–H and O–H groups in total. The Bertz CT molecular complexity index is 805. The SMILES string of the molecule is N[C@]1(C(=O)OCc2ccccc2)c2c(O)cccc2CCC1C(=O)O. The molecule has 1 aliphatic rings. The number of esters is 1. The van der Waals surface area contributed by atoms with Crippen molar-refractivity contribution in [3.05, 3.63) is 65.2 Å². The molecule has 0 spiro atoms. The smallest absolute Gasteiger partial charge is 0.332 e. The number of fused-ring (bicyclic) bond motifs is 1. The van der Waals surface area contributed by atoms with E-state index in [0.717, 1.165) is 5.56 Å². The molecule has 0 radical (unpaired) electrons. The van der Waals surface area contributed by atoms with E-state index in [-0.39, 0.29) is 24.3 Å². The summed E-state index contributed by atoms with van der Waals surface area (Å²) in [5.41, 5.74) is 5.95. The van der Waals surface area contributed by atoms with Crippen LogP contribution in [0.2, 0.25) is 0 Å². The minimum atomic E-state index is -1.93. The molecule has 6 heteroatoms. The minimum Gasteiger partial charge on any atom is -0.508 e. The molecule has 2 atom stereocenters. The third-order valence-corrected chi connectivity index (χ3v) is 4.64. The highest BCUT2D eigenvalue weighted by Crippen LogP contribution is 2.43. The number of rotatable bonds is 4. The Morgan fingerprint density at radius 2 is 1.88 bits per heavy atom. The number of hydrogen-bond acceptors (Lipinski definition) is 5. The number of hydrogen-bond donors (Lipinski definition) is 3. The van der Waals surface area contributed by atoms with Crippen molar-refractivity contribution in [3.8, 4) is 5.75 Å². The lowest BCUT2D eigenvalue weighted by Gasteiger charge is -2.38. The van der Waals surface area contributed by atoms with Gasteiger partial charge in [-0.15, -0.1) is 0 Å². The van der Waals surface area contributed by atoms with E-state index < -0.39 is 23.4 Å². The fourth-order valence-corrected chi connectivity index (χ4v) is 3.38. The van der Waals surface area contributed by atoms with Crippen molar-refractivity contribution in [2.75, 3.05) is 0 Å². The number of carboxylic acids is 1. The molecule has 6 nitrogen and oxygen atoms in total. The second kappa shape index (κ2) is 6.57. The average molecular weight is 341 g/mol. The van der Waals surface area contributed by atoms with Crippen LogP contribution in [0, 0.1) is 5.92 Å². The number of carbonyl (C=O) groups excluding carboxylic acids is 1. The Morgan fingerprint density at radius 3 is 2.56 bits per heavy atom. The fourth-order valence-electron chi connectivity index (χ4n) is 3.38. The second-order valence-corrected chi connectivity index (χ2v) is 6.17. The van der Waals surface area contributed by atoms with Gasteiger partial charge in [0.1, 0.15) is 12.4 Å². The number of aromatic hydroxyl groups is 1. The van der Waals surface area contributed by atoms with Gasteiger partial charge in [0.25, 0.3) is 0 Å². The summed E-state index contributed by atoms with van der Waals surface area (Å²) in [6.07, 6.45) is 0.619. The van der Waals surface area contributed by atoms with E-state index in [2.05, 4.69) is 0 Å². The number of aliphatic carboxylic acids is 1. The molecule has 0 aliphatic heterocycles. The first kappa shape index (κ1) is 17.0. The van der Waals surface area contributed by atoms with Gasteiger partial charge in [-0.2, -0.15) is 0 Å². The molecule has 1 unspecified atom stereocenters. The largest absolute Gasteiger partial charge is 0.508 e. The van der Waals surface area contributed by atoms with Crippen molar-refractivity contribution in [1.29, 1.82) is 0 Å². The van der Waals surface area contributed by atoms with E-state index in [1.807, 2.05) is 18.2 Å². The fraction of sp³-hybridized carbons (Fsp3) is 0.263. The molecule has 25 heavy (non-hydrogen) atoms. The topological polar surface area (TPSA) is 110 Å². The molecule has 3 rings (SSSR count). The zero-order chi connectivity index (χ0) is 18.0. The molecular weight excluding hydrogens is 322 g/mol. The van der Waals surface area contributed by atoms with Crippen molar-refractivity contribution < 1.29 is 24.5 Å². The van der Waals surface area contributed by atoms with E-state index in [1.54, 1.807) is 24.3 Å². The number of phenols is 1. The Hall–Kier alpha value is -2.86. The summed E-state index contributed by atoms with van der Waals surface area (Å²) in [5.74, 6) is -3.40. The lowest BCUT2D eigenvalue weighted by molar-refractivity contribution is -0.162. The highest BCUT2D eigenvalue weighted by Gasteiger charge is 2.53. The Morgan fingerprint density at radius 1 is 1.16 bits per heavy atom. The summed E-state index contributed by atoms with van der Waals surface area (Å²) in [6.45, 7) is -0.0199. The van der Waals surface area contributed by atoms with Crippen molar-refractivity contribution in [1.82, 2.24) is 0 Å². The van der Waals surface area contributed by atoms with Crippen LogP contribution in [-0.4, -0.2) is 22.2 Å². The molecule has 0 saturated carbocycles. The predicted octanol–water partition coefficient (Wildman–Crippen LogP) is 1.94. The van der Waals surface area contributed by atoms with Gasteiger partial charge in [0, 0.05) is 5.56 Å². The van der Waals surface area contributed by atoms with Crippen LogP contribution in [-0.2, 0) is 32.9 Å². The third-order valence-electron chi connectivity index (χ3n) is 4.64. The van der Waals surface area contributed by atoms with Gasteiger partial charge in [-0.05, 0) is 30.0 Å². The maximum atomic E-state index is 12.8. The van der Waals surface area contributed by atoms with Crippen molar-refractivity contribution >= 4 is 11.9 Å². The number of carbonyl (C=O) groups is 2. The van der Waals surface area contributed by atoms with E-state index in [1.165, 1.54) is 6.07 Å². The van der Waals surface area contributed by atoms with Gasteiger partial charge in [0.2, 0.25) is 0 Å². The molecule has 2 aromatic carbocycles. The van der Waals surface area contributed by atoms with Gasteiger partial charge >= 0.3 is 11.9 Å². The van der Waals surface area contributed by atoms with Gasteiger partial charge in [-0.25, -0.2) is 4.79 Å². The average Bonchev–Trinajstić information content (AvgIpc) is 2.60. The van der Waals surface area contributed by atoms with Crippen molar-refractivity contribution in [2.24, 2.45) is 11.7 Å². The zero-order valence-electron chi connectivity index (χ0n) is 13.5. The van der Waals surface area contributed by atoms with Crippen molar-refractivity contribution in [3.63, 3.8) is 0 Å². The molecular formula is C19H19NO5. The lowest BCUT2D eigenvalue weighted by Crippen LogP contribution is -2.56. The van der Waals surface area contributed by atoms with E-state index in [0.29, 0.717) is 12.0 Å². The van der Waals surface area contributed by atoms with E-state index in [9.17, 15) is 19.8 Å². The molecule has 0 aromatic heterocycles. The second-order valence-electron chi connectivity index (χ2n) is 6.17. The summed E-state index contributed by atoms with van der Waals surface area (Å²) in [5, 5.41) is 19.8. The summed E-state index contributed by atoms with van der Waals surface area (Å²) < 4.78 is 5.32. The molecule has 2 aromatic rings. The van der Waals surface area contributed by atoms with Gasteiger partial charge in [0.15, 0.2) is 5.54 Å². The Balaban J connectivity index is 1.97. The molecule has 0 saturated heterocycles. The number of phenolic OH excluding ortho intramolecular Hbond substituents is 1. The van der Waals surface area contributed by atoms with Gasteiger partial charge in [0.05, 0.1) is 5.92 Å². The number of nitrogens with two attached hydrogens (primary N) is 1. The van der Waals surface area contributed by atoms with E-state index in [4.69, 9.17) is 10.5 Å². The molecule has 0 bridgehead atoms. The van der Waals surface area contributed by atoms with Crippen molar-refractivity contribution in [2.45, 2.75) is 25.0 Å². The molecule has 0 heterocycles. The summed E-state index contributed by atoms with van der Waals surface area (Å²) in [7, 11) is 0. The first-order valence-electron chi connectivity index (χ1n) is 7.98. The maximum Gasteiger partial charge on any atom is 0.332 e. The maximum absolute atomic E-state index is 12.8. The predicted molar refractivity (Wildman–Crippen MR) is 89.7 cm³/mol. The molecule has 0 amide bonds. The number of aryl methyl sites for hydroxylation is 1. The zero-order valence-corrected chi connectivity index (χ0v) is 13.5. The van der Waals surface area contributed by atoms with Crippen LogP contribution in [0.5, 0.6) is 5.75 Å². The van der Waals surface area contributed by atoms with E-state index >= 15 is 0 Å². The standard InChI is InChI=1S/C19H19NO5/c20-19(18(24)25-11-12-5-2-1-3-6-12)14(17(22)23)10-9-13-7-4-8-15(21)16(13)19/h1-8,14,21H,9-11,20H2,(H,22,23)/t14?,19-/m0/s1.